The van der Waals surface area contributed by atoms with Gasteiger partial charge in [0.15, 0.2) is 7.98 Å². The molecule has 35 heavy (non-hydrogen) atoms. The van der Waals surface area contributed by atoms with Gasteiger partial charge in [-0.25, -0.2) is 9.97 Å². The van der Waals surface area contributed by atoms with Gasteiger partial charge in [0.1, 0.15) is 17.3 Å². The van der Waals surface area contributed by atoms with Crippen LogP contribution in [-0.4, -0.2) is 51.4 Å². The lowest BCUT2D eigenvalue weighted by atomic mass is 10.1. The summed E-state index contributed by atoms with van der Waals surface area (Å²) in [6.45, 7) is 3.53. The van der Waals surface area contributed by atoms with Gasteiger partial charge in [-0.2, -0.15) is 0 Å². The van der Waals surface area contributed by atoms with Gasteiger partial charge in [-0.05, 0) is 67.9 Å². The minimum Gasteiger partial charge on any atom is -0.496 e. The fourth-order valence-electron chi connectivity index (χ4n) is 4.19. The lowest BCUT2D eigenvalue weighted by Gasteiger charge is -2.16. The number of aromatic amines is 1. The maximum atomic E-state index is 5.50. The average Bonchev–Trinajstić information content (AvgIpc) is 3.31. The minimum absolute atomic E-state index is 0.670. The number of nitrogens with zero attached hydrogens (tertiary/aromatic N) is 5. The number of H-pyrrole nitrogens is 1. The number of imidazole rings is 1. The number of nitrogens with one attached hydrogen (secondary N) is 1. The van der Waals surface area contributed by atoms with E-state index < -0.39 is 0 Å². The van der Waals surface area contributed by atoms with Crippen LogP contribution in [-0.2, 0) is 13.0 Å². The summed E-state index contributed by atoms with van der Waals surface area (Å²) in [5.41, 5.74) is 7.16. The Morgan fingerprint density at radius 3 is 2.63 bits per heavy atom. The summed E-state index contributed by atoms with van der Waals surface area (Å²) in [5.74, 6) is 1.79. The van der Waals surface area contributed by atoms with E-state index in [2.05, 4.69) is 28.8 Å². The monoisotopic (exact) mass is 462 g/mol. The number of rotatable bonds is 8. The van der Waals surface area contributed by atoms with Crippen molar-refractivity contribution in [2.45, 2.75) is 19.9 Å². The number of fused-ring (bicyclic) bond motifs is 1. The summed E-state index contributed by atoms with van der Waals surface area (Å²) in [6.07, 6.45) is 2.67. The van der Waals surface area contributed by atoms with Crippen LogP contribution in [0.5, 0.6) is 5.75 Å². The number of aryl methyl sites for hydroxylation is 1. The third-order valence-corrected chi connectivity index (χ3v) is 5.97. The Balaban J connectivity index is 1.44. The van der Waals surface area contributed by atoms with E-state index in [9.17, 15) is 0 Å². The molecule has 4 heterocycles. The van der Waals surface area contributed by atoms with E-state index in [1.165, 1.54) is 5.56 Å². The number of methoxy groups -OCH3 is 1. The van der Waals surface area contributed by atoms with Crippen molar-refractivity contribution >= 4 is 19.0 Å². The van der Waals surface area contributed by atoms with Crippen molar-refractivity contribution < 1.29 is 4.74 Å². The molecule has 0 atom stereocenters. The molecule has 0 aliphatic rings. The molecule has 0 amide bonds. The summed E-state index contributed by atoms with van der Waals surface area (Å²) in [7, 11) is 3.81. The maximum absolute atomic E-state index is 5.50. The quantitative estimate of drug-likeness (QED) is 0.352. The molecule has 0 spiro atoms. The van der Waals surface area contributed by atoms with Crippen LogP contribution in [0.4, 0.5) is 0 Å². The van der Waals surface area contributed by atoms with Crippen LogP contribution < -0.4 is 4.74 Å². The summed E-state index contributed by atoms with van der Waals surface area (Å²) in [6, 6.07) is 22.0. The summed E-state index contributed by atoms with van der Waals surface area (Å²) < 4.78 is 5.50. The summed E-state index contributed by atoms with van der Waals surface area (Å²) in [4.78, 5) is 24.7. The molecule has 4 aromatic heterocycles. The molecule has 5 aromatic rings. The smallest absolute Gasteiger partial charge is 0.186 e. The molecule has 174 valence electrons. The average molecular weight is 462 g/mol. The van der Waals surface area contributed by atoms with Crippen molar-refractivity contribution in [3.05, 3.63) is 90.0 Å². The van der Waals surface area contributed by atoms with Gasteiger partial charge in [0.05, 0.1) is 35.2 Å². The number of para-hydroxylation sites is 1. The zero-order valence-electron chi connectivity index (χ0n) is 20.2. The topological polar surface area (TPSA) is 79.8 Å². The molecule has 0 aliphatic carbocycles. The number of aromatic nitrogens is 5. The van der Waals surface area contributed by atoms with Crippen LogP contribution in [0.25, 0.3) is 33.8 Å². The second kappa shape index (κ2) is 10.1. The van der Waals surface area contributed by atoms with Gasteiger partial charge >= 0.3 is 0 Å². The van der Waals surface area contributed by atoms with Gasteiger partial charge in [0.25, 0.3) is 0 Å². The second-order valence-electron chi connectivity index (χ2n) is 8.61. The molecule has 8 heteroatoms. The zero-order chi connectivity index (χ0) is 24.2. The number of benzene rings is 1. The zero-order valence-corrected chi connectivity index (χ0v) is 20.2. The molecule has 1 N–H and O–H groups in total. The molecule has 0 fully saturated rings. The fourth-order valence-corrected chi connectivity index (χ4v) is 4.19. The highest BCUT2D eigenvalue weighted by molar-refractivity contribution is 6.04. The second-order valence-corrected chi connectivity index (χ2v) is 8.61. The first kappa shape index (κ1) is 22.7. The first-order valence-corrected chi connectivity index (χ1v) is 11.7. The molecular formula is C27H27BN6O. The van der Waals surface area contributed by atoms with Crippen molar-refractivity contribution in [1.29, 1.82) is 0 Å². The number of hydrogen-bond acceptors (Lipinski definition) is 6. The normalized spacial score (nSPS) is 11.3. The van der Waals surface area contributed by atoms with Gasteiger partial charge in [-0.3, -0.25) is 9.97 Å². The molecule has 0 saturated carbocycles. The standard InChI is InChI=1S/C27H27BN6O/c1-18-7-5-9-22(30-18)26-27(23-13-12-20-21(31-23)10-6-15-29-20)33-25(32-26)17-34(28)16-14-19-8-3-4-11-24(19)35-2/h3-13,15H,14,16-17,28H2,1-2H3,(H,32,33). The lowest BCUT2D eigenvalue weighted by molar-refractivity contribution is 0.401. The Morgan fingerprint density at radius 1 is 0.886 bits per heavy atom. The van der Waals surface area contributed by atoms with E-state index in [1.54, 1.807) is 13.3 Å². The van der Waals surface area contributed by atoms with E-state index >= 15 is 0 Å². The Morgan fingerprint density at radius 2 is 1.77 bits per heavy atom. The van der Waals surface area contributed by atoms with E-state index in [-0.39, 0.29) is 0 Å². The van der Waals surface area contributed by atoms with Crippen LogP contribution >= 0.6 is 0 Å². The first-order chi connectivity index (χ1) is 17.1. The molecule has 0 saturated heterocycles. The Bertz CT molecular complexity index is 1470. The predicted molar refractivity (Wildman–Crippen MR) is 141 cm³/mol. The van der Waals surface area contributed by atoms with Gasteiger partial charge in [0, 0.05) is 18.4 Å². The Kier molecular flexibility index (Phi) is 6.54. The van der Waals surface area contributed by atoms with Crippen molar-refractivity contribution in [3.8, 4) is 28.5 Å². The lowest BCUT2D eigenvalue weighted by Crippen LogP contribution is -2.23. The highest BCUT2D eigenvalue weighted by Gasteiger charge is 2.18. The number of hydrogen-bond donors (Lipinski definition) is 1. The van der Waals surface area contributed by atoms with Gasteiger partial charge < -0.3 is 14.5 Å². The minimum atomic E-state index is 0.670. The molecule has 0 unspecified atom stereocenters. The molecule has 0 radical (unpaired) electrons. The third-order valence-electron chi connectivity index (χ3n) is 5.97. The van der Waals surface area contributed by atoms with Gasteiger partial charge in [-0.15, -0.1) is 0 Å². The van der Waals surface area contributed by atoms with E-state index in [0.29, 0.717) is 6.54 Å². The van der Waals surface area contributed by atoms with Gasteiger partial charge in [-0.1, -0.05) is 24.3 Å². The summed E-state index contributed by atoms with van der Waals surface area (Å²) in [5, 5.41) is 0. The Hall–Kier alpha value is -4.04. The predicted octanol–water partition coefficient (Wildman–Crippen LogP) is 3.99. The third kappa shape index (κ3) is 5.07. The number of pyridine rings is 3. The molecule has 5 rings (SSSR count). The fraction of sp³-hybridized carbons (Fsp3) is 0.185. The highest BCUT2D eigenvalue weighted by Crippen LogP contribution is 2.29. The van der Waals surface area contributed by atoms with Crippen molar-refractivity contribution in [3.63, 3.8) is 0 Å². The maximum Gasteiger partial charge on any atom is 0.186 e. The van der Waals surface area contributed by atoms with Crippen LogP contribution in [0.2, 0.25) is 0 Å². The molecular weight excluding hydrogens is 435 g/mol. The van der Waals surface area contributed by atoms with Crippen molar-refractivity contribution in [2.75, 3.05) is 13.7 Å². The molecule has 0 aliphatic heterocycles. The summed E-state index contributed by atoms with van der Waals surface area (Å²) >= 11 is 0. The largest absolute Gasteiger partial charge is 0.496 e. The van der Waals surface area contributed by atoms with E-state index in [0.717, 1.165) is 64.0 Å². The van der Waals surface area contributed by atoms with Gasteiger partial charge in [0.2, 0.25) is 0 Å². The van der Waals surface area contributed by atoms with Crippen LogP contribution in [0.3, 0.4) is 0 Å². The molecule has 7 nitrogen and oxygen atoms in total. The van der Waals surface area contributed by atoms with Crippen LogP contribution in [0, 0.1) is 6.92 Å². The van der Waals surface area contributed by atoms with Crippen LogP contribution in [0.1, 0.15) is 17.1 Å². The SMILES string of the molecule is BN(CCc1ccccc1OC)Cc1nc(-c2cccc(C)n2)c(-c2ccc3ncccc3n2)[nH]1. The van der Waals surface area contributed by atoms with E-state index in [4.69, 9.17) is 19.7 Å². The Labute approximate surface area is 205 Å². The molecule has 0 bridgehead atoms. The first-order valence-electron chi connectivity index (χ1n) is 11.7. The number of ether oxygens (including phenoxy) is 1. The van der Waals surface area contributed by atoms with Crippen LogP contribution in [0.15, 0.2) is 72.9 Å². The molecule has 1 aromatic carbocycles. The van der Waals surface area contributed by atoms with Crippen molar-refractivity contribution in [2.24, 2.45) is 0 Å². The van der Waals surface area contributed by atoms with E-state index in [1.807, 2.05) is 67.6 Å². The highest BCUT2D eigenvalue weighted by atomic mass is 16.5. The van der Waals surface area contributed by atoms with Crippen molar-refractivity contribution in [1.82, 2.24) is 29.7 Å².